The number of halogens is 3. The van der Waals surface area contributed by atoms with Crippen molar-refractivity contribution in [3.8, 4) is 0 Å². The summed E-state index contributed by atoms with van der Waals surface area (Å²) >= 11 is 5.13. The average molecular weight is 286 g/mol. The van der Waals surface area contributed by atoms with Crippen molar-refractivity contribution in [2.45, 2.75) is 44.3 Å². The van der Waals surface area contributed by atoms with Gasteiger partial charge in [-0.25, -0.2) is 18.4 Å². The molecule has 0 aromatic heterocycles. The highest BCUT2D eigenvalue weighted by molar-refractivity contribution is 6.17. The van der Waals surface area contributed by atoms with Crippen molar-refractivity contribution in [3.05, 3.63) is 0 Å². The van der Waals surface area contributed by atoms with Gasteiger partial charge in [-0.1, -0.05) is 11.6 Å². The molecule has 0 aliphatic heterocycles. The summed E-state index contributed by atoms with van der Waals surface area (Å²) < 4.78 is 35.5. The van der Waals surface area contributed by atoms with E-state index in [1.807, 2.05) is 5.32 Å². The standard InChI is InChI=1S/C10H14ClF2NO4/c1-8(2,3)18-7(16)14-9(4-10(9,12)13)6(15)17-5-11/h4-5H2,1-3H3,(H,14,16). The van der Waals surface area contributed by atoms with Crippen LogP contribution in [0.2, 0.25) is 0 Å². The summed E-state index contributed by atoms with van der Waals surface area (Å²) in [5.74, 6) is -4.62. The minimum Gasteiger partial charge on any atom is -0.447 e. The minimum atomic E-state index is -3.35. The second-order valence-corrected chi connectivity index (χ2v) is 5.17. The van der Waals surface area contributed by atoms with Crippen LogP contribution in [0.4, 0.5) is 13.6 Å². The summed E-state index contributed by atoms with van der Waals surface area (Å²) in [6, 6.07) is -0.563. The number of alkyl halides is 3. The quantitative estimate of drug-likeness (QED) is 0.636. The number of hydrogen-bond acceptors (Lipinski definition) is 4. The molecular weight excluding hydrogens is 272 g/mol. The Kier molecular flexibility index (Phi) is 3.76. The van der Waals surface area contributed by atoms with E-state index in [-0.39, 0.29) is 0 Å². The lowest BCUT2D eigenvalue weighted by Gasteiger charge is -2.22. The van der Waals surface area contributed by atoms with Gasteiger partial charge in [-0.05, 0) is 20.8 Å². The average Bonchev–Trinajstić information content (AvgIpc) is 2.66. The predicted molar refractivity (Wildman–Crippen MR) is 58.5 cm³/mol. The maximum Gasteiger partial charge on any atom is 0.408 e. The molecule has 0 spiro atoms. The molecule has 0 bridgehead atoms. The number of amides is 1. The van der Waals surface area contributed by atoms with Crippen LogP contribution < -0.4 is 5.32 Å². The van der Waals surface area contributed by atoms with Crippen molar-refractivity contribution < 1.29 is 27.8 Å². The zero-order valence-corrected chi connectivity index (χ0v) is 10.9. The molecule has 0 aromatic rings. The second-order valence-electron chi connectivity index (χ2n) is 4.95. The Morgan fingerprint density at radius 1 is 1.39 bits per heavy atom. The molecule has 1 aliphatic carbocycles. The molecule has 1 aliphatic rings. The smallest absolute Gasteiger partial charge is 0.408 e. The molecule has 1 rings (SSSR count). The first-order chi connectivity index (χ1) is 8.04. The molecule has 5 nitrogen and oxygen atoms in total. The van der Waals surface area contributed by atoms with Crippen LogP contribution in [0.15, 0.2) is 0 Å². The fourth-order valence-electron chi connectivity index (χ4n) is 1.35. The van der Waals surface area contributed by atoms with Crippen LogP contribution in [0.25, 0.3) is 0 Å². The number of carbonyl (C=O) groups excluding carboxylic acids is 2. The molecular formula is C10H14ClF2NO4. The van der Waals surface area contributed by atoms with Gasteiger partial charge in [0.1, 0.15) is 5.60 Å². The van der Waals surface area contributed by atoms with E-state index in [1.165, 1.54) is 0 Å². The number of esters is 1. The molecule has 18 heavy (non-hydrogen) atoms. The molecule has 1 saturated carbocycles. The van der Waals surface area contributed by atoms with Gasteiger partial charge in [0.15, 0.2) is 6.07 Å². The van der Waals surface area contributed by atoms with Gasteiger partial charge in [0.2, 0.25) is 5.54 Å². The molecule has 104 valence electrons. The Bertz CT molecular complexity index is 369. The van der Waals surface area contributed by atoms with Crippen LogP contribution in [0.1, 0.15) is 27.2 Å². The molecule has 1 N–H and O–H groups in total. The summed E-state index contributed by atoms with van der Waals surface area (Å²) in [6.45, 7) is 4.71. The fraction of sp³-hybridized carbons (Fsp3) is 0.800. The molecule has 0 saturated heterocycles. The highest BCUT2D eigenvalue weighted by Gasteiger charge is 2.78. The van der Waals surface area contributed by atoms with Crippen molar-refractivity contribution in [2.75, 3.05) is 6.07 Å². The first-order valence-corrected chi connectivity index (χ1v) is 5.70. The molecule has 8 heteroatoms. The monoisotopic (exact) mass is 285 g/mol. The largest absolute Gasteiger partial charge is 0.447 e. The topological polar surface area (TPSA) is 64.6 Å². The van der Waals surface area contributed by atoms with Gasteiger partial charge in [0, 0.05) is 0 Å². The van der Waals surface area contributed by atoms with Gasteiger partial charge in [0.05, 0.1) is 6.42 Å². The fourth-order valence-corrected chi connectivity index (χ4v) is 1.45. The van der Waals surface area contributed by atoms with Crippen molar-refractivity contribution in [1.82, 2.24) is 5.32 Å². The van der Waals surface area contributed by atoms with E-state index in [9.17, 15) is 18.4 Å². The van der Waals surface area contributed by atoms with Crippen molar-refractivity contribution in [1.29, 1.82) is 0 Å². The van der Waals surface area contributed by atoms with Gasteiger partial charge in [-0.3, -0.25) is 5.32 Å². The number of ether oxygens (including phenoxy) is 2. The van der Waals surface area contributed by atoms with Gasteiger partial charge in [-0.15, -0.1) is 0 Å². The summed E-state index contributed by atoms with van der Waals surface area (Å²) in [5.41, 5.74) is -3.21. The van der Waals surface area contributed by atoms with Crippen molar-refractivity contribution >= 4 is 23.7 Å². The summed E-state index contributed by atoms with van der Waals surface area (Å²) in [6.07, 6.45) is -1.93. The normalized spacial score (nSPS) is 25.2. The lowest BCUT2D eigenvalue weighted by atomic mass is 10.2. The third-order valence-corrected chi connectivity index (χ3v) is 2.34. The number of nitrogens with one attached hydrogen (secondary N) is 1. The van der Waals surface area contributed by atoms with Crippen LogP contribution >= 0.6 is 11.6 Å². The van der Waals surface area contributed by atoms with Gasteiger partial charge >= 0.3 is 12.1 Å². The van der Waals surface area contributed by atoms with Crippen molar-refractivity contribution in [3.63, 3.8) is 0 Å². The molecule has 1 amide bonds. The van der Waals surface area contributed by atoms with Gasteiger partial charge in [-0.2, -0.15) is 0 Å². The number of carbonyl (C=O) groups is 2. The Labute approximate surface area is 108 Å². The van der Waals surface area contributed by atoms with E-state index < -0.39 is 41.6 Å². The first-order valence-electron chi connectivity index (χ1n) is 5.16. The van der Waals surface area contributed by atoms with Crippen LogP contribution in [0, 0.1) is 0 Å². The molecule has 1 unspecified atom stereocenters. The van der Waals surface area contributed by atoms with E-state index in [2.05, 4.69) is 4.74 Å². The SMILES string of the molecule is CC(C)(C)OC(=O)NC1(C(=O)OCCl)CC1(F)F. The highest BCUT2D eigenvalue weighted by Crippen LogP contribution is 2.53. The van der Waals surface area contributed by atoms with Crippen molar-refractivity contribution in [2.24, 2.45) is 0 Å². The number of hydrogen-bond donors (Lipinski definition) is 1. The zero-order chi connectivity index (χ0) is 14.2. The summed E-state index contributed by atoms with van der Waals surface area (Å²) in [4.78, 5) is 22.8. The van der Waals surface area contributed by atoms with E-state index >= 15 is 0 Å². The number of alkyl carbamates (subject to hydrolysis) is 1. The summed E-state index contributed by atoms with van der Waals surface area (Å²) in [5, 5.41) is 1.85. The van der Waals surface area contributed by atoms with E-state index in [4.69, 9.17) is 16.3 Å². The molecule has 0 heterocycles. The third kappa shape index (κ3) is 3.01. The molecule has 0 aromatic carbocycles. The maximum absolute atomic E-state index is 13.2. The number of rotatable bonds is 3. The second kappa shape index (κ2) is 4.53. The van der Waals surface area contributed by atoms with E-state index in [0.29, 0.717) is 0 Å². The highest BCUT2D eigenvalue weighted by atomic mass is 35.5. The molecule has 1 fully saturated rings. The Hall–Kier alpha value is -1.11. The lowest BCUT2D eigenvalue weighted by Crippen LogP contribution is -2.50. The summed E-state index contributed by atoms with van der Waals surface area (Å²) in [7, 11) is 0. The Morgan fingerprint density at radius 2 is 1.89 bits per heavy atom. The third-order valence-electron chi connectivity index (χ3n) is 2.24. The lowest BCUT2D eigenvalue weighted by molar-refractivity contribution is -0.148. The van der Waals surface area contributed by atoms with E-state index in [1.54, 1.807) is 20.8 Å². The van der Waals surface area contributed by atoms with Crippen LogP contribution in [-0.2, 0) is 14.3 Å². The van der Waals surface area contributed by atoms with Gasteiger partial charge in [0.25, 0.3) is 5.92 Å². The zero-order valence-electron chi connectivity index (χ0n) is 10.2. The van der Waals surface area contributed by atoms with Crippen LogP contribution in [-0.4, -0.2) is 35.2 Å². The van der Waals surface area contributed by atoms with Gasteiger partial charge < -0.3 is 9.47 Å². The predicted octanol–water partition coefficient (Wildman–Crippen LogP) is 2.03. The Morgan fingerprint density at radius 3 is 2.22 bits per heavy atom. The van der Waals surface area contributed by atoms with Crippen LogP contribution in [0.5, 0.6) is 0 Å². The minimum absolute atomic E-state index is 0.563. The molecule has 0 radical (unpaired) electrons. The maximum atomic E-state index is 13.2. The van der Waals surface area contributed by atoms with Crippen LogP contribution in [0.3, 0.4) is 0 Å². The first kappa shape index (κ1) is 14.9. The van der Waals surface area contributed by atoms with E-state index in [0.717, 1.165) is 0 Å². The molecule has 1 atom stereocenters. The Balaban J connectivity index is 2.72.